The highest BCUT2D eigenvalue weighted by Gasteiger charge is 2.28. The predicted molar refractivity (Wildman–Crippen MR) is 115 cm³/mol. The maximum absolute atomic E-state index is 12.5. The molecule has 30 heavy (non-hydrogen) atoms. The van der Waals surface area contributed by atoms with E-state index in [1.807, 2.05) is 30.1 Å². The normalized spacial score (nSPS) is 12.6. The topological polar surface area (TPSA) is 73.8 Å². The number of ether oxygens (including phenoxy) is 3. The van der Waals surface area contributed by atoms with E-state index >= 15 is 0 Å². The first-order valence-electron chi connectivity index (χ1n) is 9.99. The molecule has 0 fully saturated rings. The van der Waals surface area contributed by atoms with Crippen molar-refractivity contribution in [2.24, 2.45) is 0 Å². The van der Waals surface area contributed by atoms with Gasteiger partial charge in [0.05, 0.1) is 19.8 Å². The molecule has 4 rings (SSSR count). The molecule has 0 saturated heterocycles. The molecule has 2 aromatic carbocycles. The average molecular weight is 407 g/mol. The van der Waals surface area contributed by atoms with Gasteiger partial charge in [-0.15, -0.1) is 0 Å². The highest BCUT2D eigenvalue weighted by atomic mass is 16.5. The molecule has 0 unspecified atom stereocenters. The maximum Gasteiger partial charge on any atom is 0.339 e. The lowest BCUT2D eigenvalue weighted by Crippen LogP contribution is -2.20. The molecule has 3 aromatic rings. The first-order valence-corrected chi connectivity index (χ1v) is 9.99. The number of nitrogens with zero attached hydrogens (tertiary/aromatic N) is 3. The van der Waals surface area contributed by atoms with Crippen molar-refractivity contribution >= 4 is 22.7 Å². The molecule has 0 saturated carbocycles. The molecule has 0 radical (unpaired) electrons. The summed E-state index contributed by atoms with van der Waals surface area (Å²) in [6.45, 7) is 3.30. The second-order valence-electron chi connectivity index (χ2n) is 7.34. The standard InChI is InChI=1S/C23H25N3O4/c1-5-6-7-26(2)23-24-11-16(12-25-23)20-17-10-19(29-4)18(28-3)9-14(17)8-15-13-30-22(27)21(15)20/h8-12H,5-7,13H2,1-4H3. The molecule has 0 spiro atoms. The van der Waals surface area contributed by atoms with E-state index in [2.05, 4.69) is 16.9 Å². The summed E-state index contributed by atoms with van der Waals surface area (Å²) in [7, 11) is 5.18. The highest BCUT2D eigenvalue weighted by molar-refractivity contribution is 6.11. The van der Waals surface area contributed by atoms with Gasteiger partial charge in [-0.2, -0.15) is 0 Å². The first-order chi connectivity index (χ1) is 14.6. The van der Waals surface area contributed by atoms with Crippen LogP contribution in [0, 0.1) is 0 Å². The number of esters is 1. The number of aromatic nitrogens is 2. The number of carbonyl (C=O) groups is 1. The number of anilines is 1. The van der Waals surface area contributed by atoms with Gasteiger partial charge in [0, 0.05) is 42.7 Å². The Balaban J connectivity index is 1.88. The third-order valence-electron chi connectivity index (χ3n) is 5.40. The SMILES string of the molecule is CCCCN(C)c1ncc(-c2c3c(cc4cc(OC)c(OC)cc24)COC3=O)cn1. The minimum absolute atomic E-state index is 0.254. The van der Waals surface area contributed by atoms with Crippen LogP contribution in [0.15, 0.2) is 30.6 Å². The Bertz CT molecular complexity index is 1100. The molecular formula is C23H25N3O4. The average Bonchev–Trinajstić information content (AvgIpc) is 3.15. The zero-order chi connectivity index (χ0) is 21.3. The summed E-state index contributed by atoms with van der Waals surface area (Å²) in [4.78, 5) is 23.7. The van der Waals surface area contributed by atoms with Crippen LogP contribution in [0.1, 0.15) is 35.7 Å². The zero-order valence-electron chi connectivity index (χ0n) is 17.7. The molecule has 2 heterocycles. The summed E-state index contributed by atoms with van der Waals surface area (Å²) < 4.78 is 16.3. The fraction of sp³-hybridized carbons (Fsp3) is 0.348. The lowest BCUT2D eigenvalue weighted by Gasteiger charge is -2.17. The van der Waals surface area contributed by atoms with Crippen LogP contribution < -0.4 is 14.4 Å². The van der Waals surface area contributed by atoms with Crippen molar-refractivity contribution < 1.29 is 19.0 Å². The van der Waals surface area contributed by atoms with Crippen LogP contribution in [-0.2, 0) is 11.3 Å². The molecule has 0 bridgehead atoms. The number of cyclic esters (lactones) is 1. The first kappa shape index (κ1) is 19.9. The summed E-state index contributed by atoms with van der Waals surface area (Å²) in [5.41, 5.74) is 2.92. The van der Waals surface area contributed by atoms with Gasteiger partial charge in [0.2, 0.25) is 5.95 Å². The molecule has 7 nitrogen and oxygen atoms in total. The molecule has 0 N–H and O–H groups in total. The van der Waals surface area contributed by atoms with Crippen molar-refractivity contribution in [1.82, 2.24) is 9.97 Å². The van der Waals surface area contributed by atoms with E-state index < -0.39 is 0 Å². The zero-order valence-corrected chi connectivity index (χ0v) is 17.7. The van der Waals surface area contributed by atoms with E-state index in [-0.39, 0.29) is 12.6 Å². The minimum atomic E-state index is -0.333. The Morgan fingerprint density at radius 2 is 1.77 bits per heavy atom. The highest BCUT2D eigenvalue weighted by Crippen LogP contribution is 2.42. The summed E-state index contributed by atoms with van der Waals surface area (Å²) in [5, 5.41) is 1.80. The van der Waals surface area contributed by atoms with Crippen LogP contribution in [-0.4, -0.2) is 43.7 Å². The Morgan fingerprint density at radius 1 is 1.07 bits per heavy atom. The van der Waals surface area contributed by atoms with Crippen LogP contribution in [0.2, 0.25) is 0 Å². The van der Waals surface area contributed by atoms with Gasteiger partial charge in [-0.25, -0.2) is 14.8 Å². The molecule has 1 aliphatic heterocycles. The summed E-state index contributed by atoms with van der Waals surface area (Å²) in [6, 6.07) is 5.76. The van der Waals surface area contributed by atoms with Gasteiger partial charge >= 0.3 is 5.97 Å². The number of carbonyl (C=O) groups excluding carboxylic acids is 1. The smallest absolute Gasteiger partial charge is 0.339 e. The van der Waals surface area contributed by atoms with Crippen molar-refractivity contribution in [3.05, 3.63) is 41.7 Å². The summed E-state index contributed by atoms with van der Waals surface area (Å²) in [5.74, 6) is 1.55. The quantitative estimate of drug-likeness (QED) is 0.543. The number of hydrogen-bond donors (Lipinski definition) is 0. The van der Waals surface area contributed by atoms with E-state index in [0.29, 0.717) is 23.0 Å². The molecular weight excluding hydrogens is 382 g/mol. The van der Waals surface area contributed by atoms with E-state index in [9.17, 15) is 4.79 Å². The van der Waals surface area contributed by atoms with Crippen LogP contribution in [0.5, 0.6) is 11.5 Å². The Morgan fingerprint density at radius 3 is 2.43 bits per heavy atom. The van der Waals surface area contributed by atoms with Crippen molar-refractivity contribution in [1.29, 1.82) is 0 Å². The number of fused-ring (bicyclic) bond motifs is 2. The number of unbranched alkanes of at least 4 members (excludes halogenated alkanes) is 1. The molecule has 0 aliphatic carbocycles. The lowest BCUT2D eigenvalue weighted by molar-refractivity contribution is 0.0535. The third kappa shape index (κ3) is 3.40. The van der Waals surface area contributed by atoms with Crippen molar-refractivity contribution in [3.8, 4) is 22.6 Å². The number of benzene rings is 2. The second kappa shape index (κ2) is 8.18. The second-order valence-corrected chi connectivity index (χ2v) is 7.34. The van der Waals surface area contributed by atoms with Gasteiger partial charge in [-0.3, -0.25) is 0 Å². The van der Waals surface area contributed by atoms with E-state index in [1.54, 1.807) is 26.6 Å². The lowest BCUT2D eigenvalue weighted by atomic mass is 9.91. The summed E-state index contributed by atoms with van der Waals surface area (Å²) in [6.07, 6.45) is 5.72. The molecule has 0 amide bonds. The molecule has 1 aliphatic rings. The van der Waals surface area contributed by atoms with Gasteiger partial charge in [0.1, 0.15) is 6.61 Å². The minimum Gasteiger partial charge on any atom is -0.493 e. The van der Waals surface area contributed by atoms with Gasteiger partial charge in [0.25, 0.3) is 0 Å². The molecule has 7 heteroatoms. The van der Waals surface area contributed by atoms with E-state index in [0.717, 1.165) is 46.8 Å². The Labute approximate surface area is 175 Å². The van der Waals surface area contributed by atoms with Gasteiger partial charge < -0.3 is 19.1 Å². The van der Waals surface area contributed by atoms with Gasteiger partial charge in [-0.1, -0.05) is 13.3 Å². The number of rotatable bonds is 7. The predicted octanol–water partition coefficient (Wildman–Crippen LogP) is 4.22. The summed E-state index contributed by atoms with van der Waals surface area (Å²) >= 11 is 0. The van der Waals surface area contributed by atoms with E-state index in [1.165, 1.54) is 0 Å². The molecule has 0 atom stereocenters. The van der Waals surface area contributed by atoms with Crippen LogP contribution >= 0.6 is 0 Å². The maximum atomic E-state index is 12.5. The van der Waals surface area contributed by atoms with Crippen molar-refractivity contribution in [3.63, 3.8) is 0 Å². The van der Waals surface area contributed by atoms with Gasteiger partial charge in [-0.05, 0) is 35.4 Å². The number of methoxy groups -OCH3 is 2. The third-order valence-corrected chi connectivity index (χ3v) is 5.40. The van der Waals surface area contributed by atoms with Crippen molar-refractivity contribution in [2.45, 2.75) is 26.4 Å². The van der Waals surface area contributed by atoms with Crippen LogP contribution in [0.3, 0.4) is 0 Å². The Hall–Kier alpha value is -3.35. The van der Waals surface area contributed by atoms with Crippen LogP contribution in [0.25, 0.3) is 21.9 Å². The number of hydrogen-bond acceptors (Lipinski definition) is 7. The van der Waals surface area contributed by atoms with E-state index in [4.69, 9.17) is 14.2 Å². The van der Waals surface area contributed by atoms with Gasteiger partial charge in [0.15, 0.2) is 11.5 Å². The van der Waals surface area contributed by atoms with Crippen LogP contribution in [0.4, 0.5) is 5.95 Å². The largest absolute Gasteiger partial charge is 0.493 e. The fourth-order valence-electron chi connectivity index (χ4n) is 3.79. The Kier molecular flexibility index (Phi) is 5.44. The molecule has 1 aromatic heterocycles. The molecule has 156 valence electrons. The fourth-order valence-corrected chi connectivity index (χ4v) is 3.79. The monoisotopic (exact) mass is 407 g/mol. The van der Waals surface area contributed by atoms with Crippen molar-refractivity contribution in [2.75, 3.05) is 32.7 Å².